The number of pyridine rings is 1. The number of aromatic nitrogens is 1. The van der Waals surface area contributed by atoms with Crippen LogP contribution in [0.1, 0.15) is 23.7 Å². The van der Waals surface area contributed by atoms with Crippen LogP contribution in [0.15, 0.2) is 18.3 Å². The smallest absolute Gasteiger partial charge is 0.255 e. The first kappa shape index (κ1) is 12.0. The molecule has 0 spiro atoms. The summed E-state index contributed by atoms with van der Waals surface area (Å²) >= 11 is 0. The van der Waals surface area contributed by atoms with Crippen LogP contribution >= 0.6 is 0 Å². The Hall–Kier alpha value is -1.49. The summed E-state index contributed by atoms with van der Waals surface area (Å²) in [5.41, 5.74) is 0.423. The van der Waals surface area contributed by atoms with Crippen LogP contribution in [-0.4, -0.2) is 41.6 Å². The molecular weight excluding hydrogens is 223 g/mol. The molecular formula is C12H15FN2O2. The first-order chi connectivity index (χ1) is 8.22. The van der Waals surface area contributed by atoms with E-state index in [0.717, 1.165) is 6.42 Å². The molecule has 1 aromatic heterocycles. The highest BCUT2D eigenvalue weighted by atomic mass is 19.1. The van der Waals surface area contributed by atoms with Crippen molar-refractivity contribution in [1.82, 2.24) is 9.88 Å². The number of ether oxygens (including phenoxy) is 1. The first-order valence-electron chi connectivity index (χ1n) is 5.72. The molecule has 2 heterocycles. The lowest BCUT2D eigenvalue weighted by Crippen LogP contribution is -2.48. The first-order valence-corrected chi connectivity index (χ1v) is 5.72. The van der Waals surface area contributed by atoms with Crippen LogP contribution in [0.3, 0.4) is 0 Å². The molecule has 1 aromatic rings. The number of nitrogens with zero attached hydrogens (tertiary/aromatic N) is 2. The summed E-state index contributed by atoms with van der Waals surface area (Å²) in [4.78, 5) is 17.5. The zero-order chi connectivity index (χ0) is 12.3. The number of halogens is 1. The van der Waals surface area contributed by atoms with Gasteiger partial charge in [-0.25, -0.2) is 4.98 Å². The van der Waals surface area contributed by atoms with Gasteiger partial charge in [0.15, 0.2) is 0 Å². The number of amides is 1. The van der Waals surface area contributed by atoms with Crippen LogP contribution in [0.2, 0.25) is 0 Å². The van der Waals surface area contributed by atoms with Crippen LogP contribution in [-0.2, 0) is 4.74 Å². The second-order valence-corrected chi connectivity index (χ2v) is 4.01. The Balaban J connectivity index is 2.15. The van der Waals surface area contributed by atoms with Crippen LogP contribution in [0, 0.1) is 5.95 Å². The van der Waals surface area contributed by atoms with Crippen molar-refractivity contribution in [3.63, 3.8) is 0 Å². The van der Waals surface area contributed by atoms with E-state index in [1.54, 1.807) is 4.90 Å². The van der Waals surface area contributed by atoms with E-state index in [1.807, 2.05) is 6.92 Å². The van der Waals surface area contributed by atoms with E-state index in [0.29, 0.717) is 25.3 Å². The molecule has 0 N–H and O–H groups in total. The van der Waals surface area contributed by atoms with E-state index in [4.69, 9.17) is 4.74 Å². The van der Waals surface area contributed by atoms with Gasteiger partial charge in [0, 0.05) is 12.7 Å². The van der Waals surface area contributed by atoms with Crippen LogP contribution < -0.4 is 0 Å². The Bertz CT molecular complexity index is 394. The molecule has 1 saturated heterocycles. The second-order valence-electron chi connectivity index (χ2n) is 4.01. The lowest BCUT2D eigenvalue weighted by molar-refractivity contribution is -0.00282. The molecule has 0 bridgehead atoms. The molecule has 0 aliphatic carbocycles. The van der Waals surface area contributed by atoms with Crippen LogP contribution in [0.25, 0.3) is 0 Å². The Morgan fingerprint density at radius 1 is 1.65 bits per heavy atom. The SMILES string of the molecule is CCC1COCCN1C(=O)c1ccc(F)nc1. The molecule has 5 heteroatoms. The van der Waals surface area contributed by atoms with Gasteiger partial charge < -0.3 is 9.64 Å². The van der Waals surface area contributed by atoms with Gasteiger partial charge in [-0.05, 0) is 18.6 Å². The maximum absolute atomic E-state index is 12.7. The van der Waals surface area contributed by atoms with Crippen molar-refractivity contribution in [3.8, 4) is 0 Å². The van der Waals surface area contributed by atoms with E-state index in [1.165, 1.54) is 18.3 Å². The van der Waals surface area contributed by atoms with E-state index >= 15 is 0 Å². The highest BCUT2D eigenvalue weighted by Crippen LogP contribution is 2.14. The number of carbonyl (C=O) groups is 1. The van der Waals surface area contributed by atoms with Crippen molar-refractivity contribution in [2.45, 2.75) is 19.4 Å². The summed E-state index contributed by atoms with van der Waals surface area (Å²) in [5, 5.41) is 0. The fourth-order valence-corrected chi connectivity index (χ4v) is 1.93. The van der Waals surface area contributed by atoms with Crippen molar-refractivity contribution in [2.75, 3.05) is 19.8 Å². The normalized spacial score (nSPS) is 20.4. The summed E-state index contributed by atoms with van der Waals surface area (Å²) in [6.07, 6.45) is 2.13. The molecule has 1 unspecified atom stereocenters. The molecule has 92 valence electrons. The standard InChI is InChI=1S/C12H15FN2O2/c1-2-10-8-17-6-5-15(10)12(16)9-3-4-11(13)14-7-9/h3-4,7,10H,2,5-6,8H2,1H3. The molecule has 0 aromatic carbocycles. The molecule has 17 heavy (non-hydrogen) atoms. The van der Waals surface area contributed by atoms with E-state index in [9.17, 15) is 9.18 Å². The predicted octanol–water partition coefficient (Wildman–Crippen LogP) is 1.47. The Morgan fingerprint density at radius 2 is 2.47 bits per heavy atom. The number of carbonyl (C=O) groups excluding carboxylic acids is 1. The lowest BCUT2D eigenvalue weighted by Gasteiger charge is -2.35. The minimum Gasteiger partial charge on any atom is -0.377 e. The van der Waals surface area contributed by atoms with Gasteiger partial charge in [0.2, 0.25) is 5.95 Å². The number of hydrogen-bond donors (Lipinski definition) is 0. The fourth-order valence-electron chi connectivity index (χ4n) is 1.93. The fraction of sp³-hybridized carbons (Fsp3) is 0.500. The average molecular weight is 238 g/mol. The van der Waals surface area contributed by atoms with Crippen molar-refractivity contribution in [1.29, 1.82) is 0 Å². The monoisotopic (exact) mass is 238 g/mol. The molecule has 1 aliphatic rings. The Labute approximate surface area is 99.4 Å². The molecule has 1 amide bonds. The maximum atomic E-state index is 12.7. The quantitative estimate of drug-likeness (QED) is 0.733. The van der Waals surface area contributed by atoms with E-state index in [2.05, 4.69) is 4.98 Å². The Kier molecular flexibility index (Phi) is 3.68. The van der Waals surface area contributed by atoms with Gasteiger partial charge >= 0.3 is 0 Å². The highest BCUT2D eigenvalue weighted by molar-refractivity contribution is 5.94. The topological polar surface area (TPSA) is 42.4 Å². The van der Waals surface area contributed by atoms with E-state index in [-0.39, 0.29) is 11.9 Å². The van der Waals surface area contributed by atoms with Gasteiger partial charge in [0.05, 0.1) is 24.8 Å². The molecule has 0 radical (unpaired) electrons. The molecule has 1 fully saturated rings. The predicted molar refractivity (Wildman–Crippen MR) is 60.1 cm³/mol. The third-order valence-corrected chi connectivity index (χ3v) is 2.93. The molecule has 1 atom stereocenters. The average Bonchev–Trinajstić information content (AvgIpc) is 2.39. The van der Waals surface area contributed by atoms with Gasteiger partial charge in [-0.1, -0.05) is 6.92 Å². The van der Waals surface area contributed by atoms with Gasteiger partial charge in [0.25, 0.3) is 5.91 Å². The third kappa shape index (κ3) is 2.61. The number of rotatable bonds is 2. The van der Waals surface area contributed by atoms with Gasteiger partial charge in [0.1, 0.15) is 0 Å². The van der Waals surface area contributed by atoms with Crippen molar-refractivity contribution in [3.05, 3.63) is 29.8 Å². The zero-order valence-electron chi connectivity index (χ0n) is 9.73. The summed E-state index contributed by atoms with van der Waals surface area (Å²) in [6, 6.07) is 2.77. The number of hydrogen-bond acceptors (Lipinski definition) is 3. The maximum Gasteiger partial charge on any atom is 0.255 e. The van der Waals surface area contributed by atoms with Crippen LogP contribution in [0.4, 0.5) is 4.39 Å². The Morgan fingerprint density at radius 3 is 3.12 bits per heavy atom. The summed E-state index contributed by atoms with van der Waals surface area (Å²) < 4.78 is 18.0. The zero-order valence-corrected chi connectivity index (χ0v) is 9.73. The minimum absolute atomic E-state index is 0.0984. The summed E-state index contributed by atoms with van der Waals surface area (Å²) in [7, 11) is 0. The molecule has 0 saturated carbocycles. The van der Waals surface area contributed by atoms with Crippen molar-refractivity contribution < 1.29 is 13.9 Å². The van der Waals surface area contributed by atoms with E-state index < -0.39 is 5.95 Å². The summed E-state index contributed by atoms with van der Waals surface area (Å²) in [5.74, 6) is -0.678. The molecule has 1 aliphatic heterocycles. The van der Waals surface area contributed by atoms with Crippen molar-refractivity contribution in [2.24, 2.45) is 0 Å². The summed E-state index contributed by atoms with van der Waals surface area (Å²) in [6.45, 7) is 3.71. The van der Waals surface area contributed by atoms with Gasteiger partial charge in [-0.15, -0.1) is 0 Å². The second kappa shape index (κ2) is 5.23. The highest BCUT2D eigenvalue weighted by Gasteiger charge is 2.26. The van der Waals surface area contributed by atoms with Crippen molar-refractivity contribution >= 4 is 5.91 Å². The molecule has 2 rings (SSSR count). The van der Waals surface area contributed by atoms with Crippen LogP contribution in [0.5, 0.6) is 0 Å². The minimum atomic E-state index is -0.574. The third-order valence-electron chi connectivity index (χ3n) is 2.93. The largest absolute Gasteiger partial charge is 0.377 e. The van der Waals surface area contributed by atoms with Gasteiger partial charge in [-0.2, -0.15) is 4.39 Å². The lowest BCUT2D eigenvalue weighted by atomic mass is 10.1. The van der Waals surface area contributed by atoms with Gasteiger partial charge in [-0.3, -0.25) is 4.79 Å². The molecule has 4 nitrogen and oxygen atoms in total. The number of morpholine rings is 1.